The summed E-state index contributed by atoms with van der Waals surface area (Å²) in [5.41, 5.74) is 2.62. The summed E-state index contributed by atoms with van der Waals surface area (Å²) in [7, 11) is 0. The van der Waals surface area contributed by atoms with E-state index in [-0.39, 0.29) is 0 Å². The van der Waals surface area contributed by atoms with E-state index in [4.69, 9.17) is 0 Å². The van der Waals surface area contributed by atoms with Crippen LogP contribution < -0.4 is 5.32 Å². The van der Waals surface area contributed by atoms with Crippen LogP contribution in [-0.2, 0) is 6.54 Å². The molecule has 0 saturated heterocycles. The SMILES string of the molecule is CC(C)C(CNCc1cccc2cc[nH]c12)C(C)C. The number of H-pyrrole nitrogens is 1. The van der Waals surface area contributed by atoms with Crippen LogP contribution in [0.2, 0.25) is 0 Å². The Morgan fingerprint density at radius 3 is 2.47 bits per heavy atom. The van der Waals surface area contributed by atoms with Crippen molar-refractivity contribution in [2.45, 2.75) is 34.2 Å². The van der Waals surface area contributed by atoms with Gasteiger partial charge in [0, 0.05) is 18.3 Å². The molecule has 19 heavy (non-hydrogen) atoms. The third kappa shape index (κ3) is 3.38. The number of fused-ring (bicyclic) bond motifs is 1. The molecule has 1 heterocycles. The van der Waals surface area contributed by atoms with Gasteiger partial charge in [-0.25, -0.2) is 0 Å². The van der Waals surface area contributed by atoms with Gasteiger partial charge in [-0.05, 0) is 41.3 Å². The highest BCUT2D eigenvalue weighted by Crippen LogP contribution is 2.20. The predicted octanol–water partition coefficient (Wildman–Crippen LogP) is 4.19. The van der Waals surface area contributed by atoms with Crippen molar-refractivity contribution in [2.24, 2.45) is 17.8 Å². The lowest BCUT2D eigenvalue weighted by atomic mass is 9.85. The smallest absolute Gasteiger partial charge is 0.0499 e. The van der Waals surface area contributed by atoms with Gasteiger partial charge in [-0.3, -0.25) is 0 Å². The second-order valence-electron chi connectivity index (χ2n) is 6.14. The van der Waals surface area contributed by atoms with Crippen molar-refractivity contribution in [1.82, 2.24) is 10.3 Å². The molecule has 0 amide bonds. The van der Waals surface area contributed by atoms with Crippen LogP contribution in [0.5, 0.6) is 0 Å². The summed E-state index contributed by atoms with van der Waals surface area (Å²) in [6.07, 6.45) is 2.01. The Bertz CT molecular complexity index is 503. The van der Waals surface area contributed by atoms with Gasteiger partial charge in [0.15, 0.2) is 0 Å². The van der Waals surface area contributed by atoms with Gasteiger partial charge >= 0.3 is 0 Å². The number of aromatic amines is 1. The van der Waals surface area contributed by atoms with E-state index >= 15 is 0 Å². The Morgan fingerprint density at radius 1 is 1.05 bits per heavy atom. The van der Waals surface area contributed by atoms with Gasteiger partial charge in [-0.15, -0.1) is 0 Å². The first-order valence-electron chi connectivity index (χ1n) is 7.35. The van der Waals surface area contributed by atoms with Crippen LogP contribution in [0.3, 0.4) is 0 Å². The molecule has 0 aliphatic carbocycles. The highest BCUT2D eigenvalue weighted by atomic mass is 14.9. The van der Waals surface area contributed by atoms with E-state index < -0.39 is 0 Å². The maximum atomic E-state index is 3.63. The molecular formula is C17H26N2. The van der Waals surface area contributed by atoms with Gasteiger partial charge in [0.2, 0.25) is 0 Å². The average molecular weight is 258 g/mol. The van der Waals surface area contributed by atoms with E-state index in [9.17, 15) is 0 Å². The topological polar surface area (TPSA) is 27.8 Å². The third-order valence-corrected chi connectivity index (χ3v) is 4.08. The summed E-state index contributed by atoms with van der Waals surface area (Å²) in [6, 6.07) is 8.62. The molecular weight excluding hydrogens is 232 g/mol. The summed E-state index contributed by atoms with van der Waals surface area (Å²) in [5, 5.41) is 4.92. The van der Waals surface area contributed by atoms with Crippen LogP contribution in [0.25, 0.3) is 10.9 Å². The molecule has 0 unspecified atom stereocenters. The number of benzene rings is 1. The van der Waals surface area contributed by atoms with Crippen LogP contribution >= 0.6 is 0 Å². The van der Waals surface area contributed by atoms with Crippen LogP contribution in [0.1, 0.15) is 33.3 Å². The molecule has 0 fully saturated rings. The number of rotatable bonds is 6. The van der Waals surface area contributed by atoms with Crippen LogP contribution in [0.4, 0.5) is 0 Å². The van der Waals surface area contributed by atoms with Gasteiger partial charge in [0.05, 0.1) is 0 Å². The fourth-order valence-corrected chi connectivity index (χ4v) is 2.91. The van der Waals surface area contributed by atoms with Crippen molar-refractivity contribution < 1.29 is 0 Å². The van der Waals surface area contributed by atoms with Gasteiger partial charge in [0.1, 0.15) is 0 Å². The Balaban J connectivity index is 1.97. The van der Waals surface area contributed by atoms with Crippen LogP contribution in [0, 0.1) is 17.8 Å². The molecule has 0 aliphatic heterocycles. The molecule has 2 N–H and O–H groups in total. The normalized spacial score (nSPS) is 12.2. The highest BCUT2D eigenvalue weighted by molar-refractivity contribution is 5.82. The molecule has 2 heteroatoms. The fraction of sp³-hybridized carbons (Fsp3) is 0.529. The third-order valence-electron chi connectivity index (χ3n) is 4.08. The van der Waals surface area contributed by atoms with Crippen molar-refractivity contribution in [2.75, 3.05) is 6.54 Å². The molecule has 2 aromatic rings. The lowest BCUT2D eigenvalue weighted by Crippen LogP contribution is -2.29. The Labute approximate surface area is 116 Å². The van der Waals surface area contributed by atoms with E-state index in [0.29, 0.717) is 0 Å². The second kappa shape index (κ2) is 6.25. The molecule has 2 nitrogen and oxygen atoms in total. The summed E-state index contributed by atoms with van der Waals surface area (Å²) in [6.45, 7) is 11.3. The highest BCUT2D eigenvalue weighted by Gasteiger charge is 2.16. The number of hydrogen-bond donors (Lipinski definition) is 2. The number of aromatic nitrogens is 1. The number of para-hydroxylation sites is 1. The number of nitrogens with one attached hydrogen (secondary N) is 2. The molecule has 0 bridgehead atoms. The summed E-state index contributed by atoms with van der Waals surface area (Å²) >= 11 is 0. The first kappa shape index (κ1) is 14.1. The summed E-state index contributed by atoms with van der Waals surface area (Å²) < 4.78 is 0. The molecule has 2 rings (SSSR count). The second-order valence-corrected chi connectivity index (χ2v) is 6.14. The largest absolute Gasteiger partial charge is 0.361 e. The van der Waals surface area contributed by atoms with Gasteiger partial charge < -0.3 is 10.3 Å². The molecule has 0 aliphatic rings. The van der Waals surface area contributed by atoms with E-state index in [0.717, 1.165) is 30.8 Å². The molecule has 1 aromatic heterocycles. The van der Waals surface area contributed by atoms with Crippen molar-refractivity contribution in [3.05, 3.63) is 36.0 Å². The fourth-order valence-electron chi connectivity index (χ4n) is 2.91. The Morgan fingerprint density at radius 2 is 1.79 bits per heavy atom. The minimum Gasteiger partial charge on any atom is -0.361 e. The predicted molar refractivity (Wildman–Crippen MR) is 83.2 cm³/mol. The lowest BCUT2D eigenvalue weighted by Gasteiger charge is -2.25. The summed E-state index contributed by atoms with van der Waals surface area (Å²) in [5.74, 6) is 2.20. The molecule has 1 aromatic carbocycles. The Hall–Kier alpha value is -1.28. The van der Waals surface area contributed by atoms with Crippen LogP contribution in [-0.4, -0.2) is 11.5 Å². The van der Waals surface area contributed by atoms with E-state index in [2.05, 4.69) is 62.3 Å². The van der Waals surface area contributed by atoms with E-state index in [1.54, 1.807) is 0 Å². The molecule has 104 valence electrons. The van der Waals surface area contributed by atoms with E-state index in [1.807, 2.05) is 6.20 Å². The van der Waals surface area contributed by atoms with Gasteiger partial charge in [-0.1, -0.05) is 45.9 Å². The first-order chi connectivity index (χ1) is 9.09. The Kier molecular flexibility index (Phi) is 4.65. The molecule has 0 saturated carbocycles. The molecule has 0 atom stereocenters. The summed E-state index contributed by atoms with van der Waals surface area (Å²) in [4.78, 5) is 3.33. The first-order valence-corrected chi connectivity index (χ1v) is 7.35. The van der Waals surface area contributed by atoms with Crippen molar-refractivity contribution >= 4 is 10.9 Å². The van der Waals surface area contributed by atoms with Gasteiger partial charge in [0.25, 0.3) is 0 Å². The maximum absolute atomic E-state index is 3.63. The van der Waals surface area contributed by atoms with E-state index in [1.165, 1.54) is 16.5 Å². The van der Waals surface area contributed by atoms with Crippen LogP contribution in [0.15, 0.2) is 30.5 Å². The zero-order valence-corrected chi connectivity index (χ0v) is 12.5. The zero-order chi connectivity index (χ0) is 13.8. The quantitative estimate of drug-likeness (QED) is 0.799. The molecule has 0 spiro atoms. The lowest BCUT2D eigenvalue weighted by molar-refractivity contribution is 0.275. The monoisotopic (exact) mass is 258 g/mol. The minimum absolute atomic E-state index is 0.730. The number of hydrogen-bond acceptors (Lipinski definition) is 1. The maximum Gasteiger partial charge on any atom is 0.0499 e. The average Bonchev–Trinajstić information content (AvgIpc) is 2.82. The van der Waals surface area contributed by atoms with Crippen molar-refractivity contribution in [3.63, 3.8) is 0 Å². The van der Waals surface area contributed by atoms with Crippen molar-refractivity contribution in [1.29, 1.82) is 0 Å². The minimum atomic E-state index is 0.730. The van der Waals surface area contributed by atoms with Crippen molar-refractivity contribution in [3.8, 4) is 0 Å². The van der Waals surface area contributed by atoms with Gasteiger partial charge in [-0.2, -0.15) is 0 Å². The molecule has 0 radical (unpaired) electrons. The standard InChI is InChI=1S/C17H26N2/c1-12(2)16(13(3)4)11-18-10-15-7-5-6-14-8-9-19-17(14)15/h5-9,12-13,16,18-19H,10-11H2,1-4H3. The zero-order valence-electron chi connectivity index (χ0n) is 12.5.